The first-order valence-corrected chi connectivity index (χ1v) is 6.83. The topological polar surface area (TPSA) is 57.6 Å². The summed E-state index contributed by atoms with van der Waals surface area (Å²) in [6.07, 6.45) is 9.13. The molecule has 2 rings (SSSR count). The Bertz CT molecular complexity index is 364. The zero-order valence-corrected chi connectivity index (χ0v) is 10.8. The molecule has 1 aliphatic carbocycles. The van der Waals surface area contributed by atoms with Gasteiger partial charge in [0, 0.05) is 6.04 Å². The normalized spacial score (nSPS) is 32.3. The number of amides is 1. The average molecular weight is 251 g/mol. The van der Waals surface area contributed by atoms with E-state index >= 15 is 0 Å². The molecule has 18 heavy (non-hydrogen) atoms. The van der Waals surface area contributed by atoms with Crippen molar-refractivity contribution < 1.29 is 14.7 Å². The lowest BCUT2D eigenvalue weighted by Crippen LogP contribution is -2.57. The van der Waals surface area contributed by atoms with Crippen LogP contribution in [0.25, 0.3) is 0 Å². The fourth-order valence-corrected chi connectivity index (χ4v) is 3.42. The first-order chi connectivity index (χ1) is 8.65. The van der Waals surface area contributed by atoms with Gasteiger partial charge in [-0.2, -0.15) is 0 Å². The average Bonchev–Trinajstić information content (AvgIpc) is 2.37. The molecule has 0 spiro atoms. The van der Waals surface area contributed by atoms with Crippen LogP contribution in [0.5, 0.6) is 0 Å². The van der Waals surface area contributed by atoms with E-state index in [0.29, 0.717) is 12.3 Å². The minimum Gasteiger partial charge on any atom is -0.480 e. The molecule has 1 saturated carbocycles. The molecule has 0 aromatic heterocycles. The highest BCUT2D eigenvalue weighted by atomic mass is 16.4. The van der Waals surface area contributed by atoms with Crippen LogP contribution in [0.3, 0.4) is 0 Å². The molecule has 1 aliphatic heterocycles. The van der Waals surface area contributed by atoms with Gasteiger partial charge in [0.25, 0.3) is 0 Å². The quantitative estimate of drug-likeness (QED) is 0.765. The van der Waals surface area contributed by atoms with Crippen molar-refractivity contribution in [2.75, 3.05) is 0 Å². The molecule has 2 fully saturated rings. The van der Waals surface area contributed by atoms with Gasteiger partial charge in [-0.1, -0.05) is 18.9 Å². The van der Waals surface area contributed by atoms with Gasteiger partial charge >= 0.3 is 5.97 Å². The molecule has 0 bridgehead atoms. The summed E-state index contributed by atoms with van der Waals surface area (Å²) in [4.78, 5) is 25.1. The van der Waals surface area contributed by atoms with E-state index in [0.717, 1.165) is 25.7 Å². The lowest BCUT2D eigenvalue weighted by atomic mass is 9.76. The number of carboxylic acid groups (broad SMARTS) is 1. The predicted molar refractivity (Wildman–Crippen MR) is 68.1 cm³/mol. The van der Waals surface area contributed by atoms with Gasteiger partial charge in [-0.3, -0.25) is 4.79 Å². The molecule has 0 radical (unpaired) electrons. The predicted octanol–water partition coefficient (Wildman–Crippen LogP) is 2.20. The molecule has 2 aliphatic rings. The van der Waals surface area contributed by atoms with Crippen LogP contribution in [-0.4, -0.2) is 34.0 Å². The summed E-state index contributed by atoms with van der Waals surface area (Å²) < 4.78 is 0. The van der Waals surface area contributed by atoms with Crippen LogP contribution in [0.15, 0.2) is 12.2 Å². The number of hydrogen-bond acceptors (Lipinski definition) is 2. The Morgan fingerprint density at radius 3 is 2.56 bits per heavy atom. The molecule has 0 aromatic rings. The molecule has 4 nitrogen and oxygen atoms in total. The number of allylic oxidation sites excluding steroid dienone is 1. The minimum atomic E-state index is -0.864. The highest BCUT2D eigenvalue weighted by Gasteiger charge is 2.42. The van der Waals surface area contributed by atoms with Gasteiger partial charge in [0.05, 0.1) is 0 Å². The summed E-state index contributed by atoms with van der Waals surface area (Å²) in [6, 6.07) is -0.495. The van der Waals surface area contributed by atoms with Crippen molar-refractivity contribution in [3.05, 3.63) is 12.2 Å². The number of carbonyl (C=O) groups is 2. The van der Waals surface area contributed by atoms with E-state index < -0.39 is 12.0 Å². The van der Waals surface area contributed by atoms with Crippen LogP contribution in [0.4, 0.5) is 0 Å². The molecule has 0 aromatic carbocycles. The zero-order chi connectivity index (χ0) is 13.1. The first kappa shape index (κ1) is 13.1. The van der Waals surface area contributed by atoms with E-state index in [2.05, 4.69) is 0 Å². The van der Waals surface area contributed by atoms with Crippen LogP contribution in [0.2, 0.25) is 0 Å². The summed E-state index contributed by atoms with van der Waals surface area (Å²) in [7, 11) is 0. The number of nitrogens with zero attached hydrogens (tertiary/aromatic N) is 1. The second kappa shape index (κ2) is 5.55. The molecule has 1 amide bonds. The Kier molecular flexibility index (Phi) is 4.04. The van der Waals surface area contributed by atoms with Gasteiger partial charge in [0.1, 0.15) is 6.04 Å². The molecule has 100 valence electrons. The summed E-state index contributed by atoms with van der Waals surface area (Å²) in [5.41, 5.74) is 0. The summed E-state index contributed by atoms with van der Waals surface area (Å²) >= 11 is 0. The van der Waals surface area contributed by atoms with E-state index in [-0.39, 0.29) is 11.9 Å². The van der Waals surface area contributed by atoms with Crippen molar-refractivity contribution in [3.63, 3.8) is 0 Å². The van der Waals surface area contributed by atoms with Crippen LogP contribution in [0, 0.1) is 5.92 Å². The fourth-order valence-electron chi connectivity index (χ4n) is 3.42. The van der Waals surface area contributed by atoms with Crippen LogP contribution >= 0.6 is 0 Å². The van der Waals surface area contributed by atoms with Crippen molar-refractivity contribution >= 4 is 11.9 Å². The number of rotatable bonds is 2. The number of aliphatic carboxylic acids is 1. The van der Waals surface area contributed by atoms with Gasteiger partial charge < -0.3 is 10.0 Å². The standard InChI is InChI=1S/C14H21NO3/c1-2-5-13(16)15-11-7-4-3-6-10(11)8-9-12(15)14(17)18/h2,5,10-12H,3-4,6-9H2,1H3,(H,17,18)/b5-2+. The van der Waals surface area contributed by atoms with Crippen LogP contribution < -0.4 is 0 Å². The van der Waals surface area contributed by atoms with Gasteiger partial charge in [-0.05, 0) is 44.6 Å². The minimum absolute atomic E-state index is 0.136. The Labute approximate surface area is 108 Å². The molecule has 1 N–H and O–H groups in total. The van der Waals surface area contributed by atoms with E-state index in [1.54, 1.807) is 17.9 Å². The second-order valence-electron chi connectivity index (χ2n) is 5.29. The van der Waals surface area contributed by atoms with E-state index in [4.69, 9.17) is 0 Å². The molecule has 3 unspecified atom stereocenters. The Morgan fingerprint density at radius 1 is 1.17 bits per heavy atom. The van der Waals surface area contributed by atoms with E-state index in [1.807, 2.05) is 0 Å². The fraction of sp³-hybridized carbons (Fsp3) is 0.714. The third kappa shape index (κ3) is 2.42. The zero-order valence-electron chi connectivity index (χ0n) is 10.8. The third-order valence-corrected chi connectivity index (χ3v) is 4.22. The van der Waals surface area contributed by atoms with Gasteiger partial charge in [-0.15, -0.1) is 0 Å². The Balaban J connectivity index is 2.24. The maximum absolute atomic E-state index is 12.1. The monoisotopic (exact) mass is 251 g/mol. The Hall–Kier alpha value is -1.32. The molecule has 3 atom stereocenters. The smallest absolute Gasteiger partial charge is 0.326 e. The largest absolute Gasteiger partial charge is 0.480 e. The van der Waals surface area contributed by atoms with E-state index in [1.165, 1.54) is 12.5 Å². The molecule has 1 saturated heterocycles. The number of fused-ring (bicyclic) bond motifs is 1. The van der Waals surface area contributed by atoms with Crippen molar-refractivity contribution in [3.8, 4) is 0 Å². The SMILES string of the molecule is C/C=C/C(=O)N1C(C(=O)O)CCC2CCCCC21. The first-order valence-electron chi connectivity index (χ1n) is 6.83. The van der Waals surface area contributed by atoms with Crippen LogP contribution in [0.1, 0.15) is 45.4 Å². The molecular formula is C14H21NO3. The maximum atomic E-state index is 12.1. The van der Waals surface area contributed by atoms with E-state index in [9.17, 15) is 14.7 Å². The Morgan fingerprint density at radius 2 is 1.89 bits per heavy atom. The number of piperidine rings is 1. The summed E-state index contributed by atoms with van der Waals surface area (Å²) in [5, 5.41) is 9.30. The number of carbonyl (C=O) groups excluding carboxylic acids is 1. The lowest BCUT2D eigenvalue weighted by Gasteiger charge is -2.46. The van der Waals surface area contributed by atoms with Gasteiger partial charge in [-0.25, -0.2) is 4.79 Å². The number of carboxylic acids is 1. The number of hydrogen-bond donors (Lipinski definition) is 1. The summed E-state index contributed by atoms with van der Waals surface area (Å²) in [6.45, 7) is 1.79. The van der Waals surface area contributed by atoms with Crippen molar-refractivity contribution in [2.45, 2.75) is 57.5 Å². The van der Waals surface area contributed by atoms with Crippen molar-refractivity contribution in [2.24, 2.45) is 5.92 Å². The molecular weight excluding hydrogens is 230 g/mol. The maximum Gasteiger partial charge on any atom is 0.326 e. The number of likely N-dealkylation sites (tertiary alicyclic amines) is 1. The highest BCUT2D eigenvalue weighted by Crippen LogP contribution is 2.38. The third-order valence-electron chi connectivity index (χ3n) is 4.22. The summed E-state index contributed by atoms with van der Waals surface area (Å²) in [5.74, 6) is -0.498. The molecule has 1 heterocycles. The highest BCUT2D eigenvalue weighted by molar-refractivity contribution is 5.91. The molecule has 4 heteroatoms. The van der Waals surface area contributed by atoms with Crippen molar-refractivity contribution in [1.82, 2.24) is 4.90 Å². The van der Waals surface area contributed by atoms with Gasteiger partial charge in [0.15, 0.2) is 0 Å². The van der Waals surface area contributed by atoms with Crippen LogP contribution in [-0.2, 0) is 9.59 Å². The second-order valence-corrected chi connectivity index (χ2v) is 5.29. The lowest BCUT2D eigenvalue weighted by molar-refractivity contribution is -0.155. The van der Waals surface area contributed by atoms with Crippen molar-refractivity contribution in [1.29, 1.82) is 0 Å². The van der Waals surface area contributed by atoms with Gasteiger partial charge in [0.2, 0.25) is 5.91 Å².